The minimum absolute atomic E-state index is 0.151. The molecular formula is C13H11ClN2O2. The summed E-state index contributed by atoms with van der Waals surface area (Å²) in [6, 6.07) is 8.94. The maximum Gasteiger partial charge on any atom is 0.272 e. The van der Waals surface area contributed by atoms with Gasteiger partial charge in [0.05, 0.1) is 11.6 Å². The van der Waals surface area contributed by atoms with Crippen LogP contribution in [0.1, 0.15) is 10.5 Å². The van der Waals surface area contributed by atoms with Crippen LogP contribution in [-0.2, 0) is 0 Å². The lowest BCUT2D eigenvalue weighted by molar-refractivity contribution is 0.00553. The van der Waals surface area contributed by atoms with E-state index in [9.17, 15) is 9.90 Å². The van der Waals surface area contributed by atoms with Crippen LogP contribution in [0, 0.1) is 0 Å². The second kappa shape index (κ2) is 4.23. The van der Waals surface area contributed by atoms with Gasteiger partial charge in [-0.25, -0.2) is 4.98 Å². The summed E-state index contributed by atoms with van der Waals surface area (Å²) in [5.41, 5.74) is 1.09. The van der Waals surface area contributed by atoms with E-state index in [1.165, 1.54) is 0 Å². The predicted octanol–water partition coefficient (Wildman–Crippen LogP) is 1.70. The highest BCUT2D eigenvalue weighted by Gasteiger charge is 2.30. The van der Waals surface area contributed by atoms with Crippen molar-refractivity contribution in [2.45, 2.75) is 6.10 Å². The molecule has 0 aliphatic carbocycles. The first-order valence-corrected chi connectivity index (χ1v) is 6.05. The van der Waals surface area contributed by atoms with Gasteiger partial charge in [-0.3, -0.25) is 4.79 Å². The first-order chi connectivity index (χ1) is 8.63. The number of aliphatic hydroxyl groups excluding tert-OH is 1. The molecule has 1 fully saturated rings. The average Bonchev–Trinajstić information content (AvgIpc) is 2.33. The predicted molar refractivity (Wildman–Crippen MR) is 68.7 cm³/mol. The zero-order valence-corrected chi connectivity index (χ0v) is 10.3. The fraction of sp³-hybridized carbons (Fsp3) is 0.231. The van der Waals surface area contributed by atoms with Gasteiger partial charge in [-0.1, -0.05) is 23.7 Å². The van der Waals surface area contributed by atoms with Crippen molar-refractivity contribution in [2.75, 3.05) is 13.1 Å². The van der Waals surface area contributed by atoms with Gasteiger partial charge in [0.15, 0.2) is 0 Å². The van der Waals surface area contributed by atoms with E-state index in [4.69, 9.17) is 11.6 Å². The molecule has 2 heterocycles. The molecule has 4 nitrogen and oxygen atoms in total. The van der Waals surface area contributed by atoms with E-state index in [0.717, 1.165) is 5.39 Å². The Morgan fingerprint density at radius 3 is 2.78 bits per heavy atom. The van der Waals surface area contributed by atoms with E-state index in [-0.39, 0.29) is 5.91 Å². The Morgan fingerprint density at radius 2 is 2.06 bits per heavy atom. The molecule has 2 aromatic rings. The van der Waals surface area contributed by atoms with Crippen LogP contribution in [-0.4, -0.2) is 40.1 Å². The third-order valence-corrected chi connectivity index (χ3v) is 3.26. The fourth-order valence-electron chi connectivity index (χ4n) is 1.99. The number of benzene rings is 1. The van der Waals surface area contributed by atoms with Crippen LogP contribution >= 0.6 is 11.6 Å². The molecule has 18 heavy (non-hydrogen) atoms. The number of rotatable bonds is 1. The van der Waals surface area contributed by atoms with Gasteiger partial charge < -0.3 is 10.0 Å². The zero-order valence-electron chi connectivity index (χ0n) is 9.51. The van der Waals surface area contributed by atoms with Crippen molar-refractivity contribution >= 4 is 28.4 Å². The zero-order chi connectivity index (χ0) is 12.7. The molecule has 0 atom stereocenters. The molecule has 1 aromatic carbocycles. The van der Waals surface area contributed by atoms with Crippen LogP contribution in [0.4, 0.5) is 0 Å². The molecule has 1 aliphatic rings. The summed E-state index contributed by atoms with van der Waals surface area (Å²) in [6.07, 6.45) is -0.399. The van der Waals surface area contributed by atoms with E-state index < -0.39 is 6.10 Å². The molecule has 0 unspecified atom stereocenters. The Bertz CT molecular complexity index is 623. The molecular weight excluding hydrogens is 252 g/mol. The van der Waals surface area contributed by atoms with Crippen LogP contribution in [0.3, 0.4) is 0 Å². The molecule has 1 saturated heterocycles. The molecule has 0 spiro atoms. The lowest BCUT2D eigenvalue weighted by atomic mass is 10.1. The number of likely N-dealkylation sites (tertiary alicyclic amines) is 1. The van der Waals surface area contributed by atoms with Gasteiger partial charge in [-0.15, -0.1) is 0 Å². The van der Waals surface area contributed by atoms with Gasteiger partial charge in [0.2, 0.25) is 0 Å². The van der Waals surface area contributed by atoms with Gasteiger partial charge in [0.1, 0.15) is 5.69 Å². The highest BCUT2D eigenvalue weighted by molar-refractivity contribution is 6.31. The van der Waals surface area contributed by atoms with Gasteiger partial charge >= 0.3 is 0 Å². The molecule has 1 aliphatic heterocycles. The molecule has 0 bridgehead atoms. The van der Waals surface area contributed by atoms with Crippen molar-refractivity contribution in [2.24, 2.45) is 0 Å². The van der Waals surface area contributed by atoms with Crippen molar-refractivity contribution in [1.29, 1.82) is 0 Å². The number of nitrogens with zero attached hydrogens (tertiary/aromatic N) is 2. The first-order valence-electron chi connectivity index (χ1n) is 5.67. The van der Waals surface area contributed by atoms with Crippen LogP contribution < -0.4 is 0 Å². The quantitative estimate of drug-likeness (QED) is 0.851. The number of aromatic nitrogens is 1. The molecule has 3 rings (SSSR count). The number of carbonyl (C=O) groups excluding carboxylic acids is 1. The summed E-state index contributed by atoms with van der Waals surface area (Å²) >= 11 is 5.90. The molecule has 1 N–H and O–H groups in total. The second-order valence-electron chi connectivity index (χ2n) is 4.40. The minimum Gasteiger partial charge on any atom is -0.389 e. The van der Waals surface area contributed by atoms with Gasteiger partial charge in [0, 0.05) is 23.5 Å². The number of amides is 1. The molecule has 0 radical (unpaired) electrons. The number of hydrogen-bond donors (Lipinski definition) is 1. The maximum absolute atomic E-state index is 12.0. The van der Waals surface area contributed by atoms with E-state index in [1.807, 2.05) is 12.1 Å². The SMILES string of the molecule is O=C(c1ccc2ccc(Cl)cc2n1)N1CC(O)C1. The number of carbonyl (C=O) groups is 1. The molecule has 1 amide bonds. The molecule has 0 saturated carbocycles. The third kappa shape index (κ3) is 1.94. The summed E-state index contributed by atoms with van der Waals surface area (Å²) in [4.78, 5) is 17.9. The largest absolute Gasteiger partial charge is 0.389 e. The van der Waals surface area contributed by atoms with Crippen molar-refractivity contribution < 1.29 is 9.90 Å². The number of hydrogen-bond acceptors (Lipinski definition) is 3. The van der Waals surface area contributed by atoms with Crippen molar-refractivity contribution in [1.82, 2.24) is 9.88 Å². The highest BCUT2D eigenvalue weighted by Crippen LogP contribution is 2.19. The Morgan fingerprint density at radius 1 is 1.33 bits per heavy atom. The number of β-amino-alcohol motifs (C(OH)–C–C–N with tert-alkyl or cyclic N) is 1. The number of pyridine rings is 1. The minimum atomic E-state index is -0.399. The van der Waals surface area contributed by atoms with Crippen LogP contribution in [0.25, 0.3) is 10.9 Å². The monoisotopic (exact) mass is 262 g/mol. The molecule has 92 valence electrons. The van der Waals surface area contributed by atoms with Gasteiger partial charge in [-0.2, -0.15) is 0 Å². The maximum atomic E-state index is 12.0. The van der Waals surface area contributed by atoms with Crippen LogP contribution in [0.5, 0.6) is 0 Å². The molecule has 1 aromatic heterocycles. The number of halogens is 1. The van der Waals surface area contributed by atoms with E-state index in [1.54, 1.807) is 23.1 Å². The Balaban J connectivity index is 1.95. The Kier molecular flexibility index (Phi) is 2.69. The first kappa shape index (κ1) is 11.4. The third-order valence-electron chi connectivity index (χ3n) is 3.02. The lowest BCUT2D eigenvalue weighted by Crippen LogP contribution is -2.53. The highest BCUT2D eigenvalue weighted by atomic mass is 35.5. The topological polar surface area (TPSA) is 53.4 Å². The smallest absolute Gasteiger partial charge is 0.272 e. The van der Waals surface area contributed by atoms with Gasteiger partial charge in [0.25, 0.3) is 5.91 Å². The van der Waals surface area contributed by atoms with Gasteiger partial charge in [-0.05, 0) is 18.2 Å². The van der Waals surface area contributed by atoms with Crippen molar-refractivity contribution in [3.8, 4) is 0 Å². The summed E-state index contributed by atoms with van der Waals surface area (Å²) in [6.45, 7) is 0.766. The number of fused-ring (bicyclic) bond motifs is 1. The van der Waals surface area contributed by atoms with Crippen molar-refractivity contribution in [3.63, 3.8) is 0 Å². The standard InChI is InChI=1S/C13H11ClN2O2/c14-9-3-1-8-2-4-11(15-12(8)5-9)13(18)16-6-10(17)7-16/h1-5,10,17H,6-7H2. The Hall–Kier alpha value is -1.65. The summed E-state index contributed by atoms with van der Waals surface area (Å²) in [5, 5.41) is 10.7. The van der Waals surface area contributed by atoms with Crippen LogP contribution in [0.2, 0.25) is 5.02 Å². The number of aliphatic hydroxyl groups is 1. The Labute approximate surface area is 109 Å². The molecule has 5 heteroatoms. The fourth-order valence-corrected chi connectivity index (χ4v) is 2.16. The summed E-state index contributed by atoms with van der Waals surface area (Å²) < 4.78 is 0. The summed E-state index contributed by atoms with van der Waals surface area (Å²) in [7, 11) is 0. The second-order valence-corrected chi connectivity index (χ2v) is 4.83. The van der Waals surface area contributed by atoms with E-state index >= 15 is 0 Å². The van der Waals surface area contributed by atoms with E-state index in [2.05, 4.69) is 4.98 Å². The normalized spacial score (nSPS) is 15.8. The van der Waals surface area contributed by atoms with Crippen molar-refractivity contribution in [3.05, 3.63) is 41.0 Å². The van der Waals surface area contributed by atoms with Crippen LogP contribution in [0.15, 0.2) is 30.3 Å². The summed E-state index contributed by atoms with van der Waals surface area (Å²) in [5.74, 6) is -0.151. The average molecular weight is 263 g/mol. The van der Waals surface area contributed by atoms with E-state index in [0.29, 0.717) is 29.3 Å². The lowest BCUT2D eigenvalue weighted by Gasteiger charge is -2.35.